The molecule has 0 saturated heterocycles. The molecule has 0 unspecified atom stereocenters. The number of nitrogens with one attached hydrogen (secondary N) is 1. The van der Waals surface area contributed by atoms with Crippen LogP contribution in [0.15, 0.2) is 66.7 Å². The van der Waals surface area contributed by atoms with Crippen molar-refractivity contribution in [2.24, 2.45) is 0 Å². The van der Waals surface area contributed by atoms with Gasteiger partial charge in [-0.3, -0.25) is 4.79 Å². The minimum absolute atomic E-state index is 0.0779. The molecule has 32 heavy (non-hydrogen) atoms. The summed E-state index contributed by atoms with van der Waals surface area (Å²) in [5.74, 6) is -0.200. The fraction of sp³-hybridized carbons (Fsp3) is 0.167. The third kappa shape index (κ3) is 4.44. The van der Waals surface area contributed by atoms with E-state index in [1.807, 2.05) is 36.4 Å². The summed E-state index contributed by atoms with van der Waals surface area (Å²) in [4.78, 5) is 12.8. The molecule has 5 nitrogen and oxygen atoms in total. The maximum atomic E-state index is 12.9. The zero-order valence-corrected chi connectivity index (χ0v) is 17.4. The Kier molecular flexibility index (Phi) is 5.61. The van der Waals surface area contributed by atoms with Gasteiger partial charge in [0.05, 0.1) is 22.6 Å². The van der Waals surface area contributed by atoms with Gasteiger partial charge in [0.15, 0.2) is 6.73 Å². The van der Waals surface area contributed by atoms with E-state index in [-0.39, 0.29) is 18.4 Å². The van der Waals surface area contributed by atoms with Crippen molar-refractivity contribution in [2.45, 2.75) is 26.8 Å². The normalized spacial score (nSPS) is 11.5. The average Bonchev–Trinajstić information content (AvgIpc) is 3.04. The number of carbonyl (C=O) groups is 1. The summed E-state index contributed by atoms with van der Waals surface area (Å²) in [5.41, 5.74) is 1.46. The van der Waals surface area contributed by atoms with Gasteiger partial charge in [0.1, 0.15) is 5.75 Å². The molecule has 4 rings (SSSR count). The Morgan fingerprint density at radius 3 is 2.50 bits per heavy atom. The first-order valence-electron chi connectivity index (χ1n) is 9.86. The first kappa shape index (κ1) is 21.4. The van der Waals surface area contributed by atoms with E-state index in [0.717, 1.165) is 22.9 Å². The molecule has 0 atom stereocenters. The summed E-state index contributed by atoms with van der Waals surface area (Å²) in [6.07, 6.45) is -4.45. The standard InChI is InChI=1S/C24H20F3N3O2/c1-15-22(28-23(31)19-11-10-17-6-3-4-7-18(17)12-19)16(2)30(29-15)14-32-21-9-5-8-20(13-21)24(25,26)27/h3-13H,14H2,1-2H3,(H,28,31). The molecule has 0 aliphatic carbocycles. The van der Waals surface area contributed by atoms with Crippen molar-refractivity contribution in [1.29, 1.82) is 0 Å². The van der Waals surface area contributed by atoms with Crippen molar-refractivity contribution < 1.29 is 22.7 Å². The highest BCUT2D eigenvalue weighted by molar-refractivity contribution is 6.06. The van der Waals surface area contributed by atoms with Crippen LogP contribution in [0, 0.1) is 13.8 Å². The fourth-order valence-corrected chi connectivity index (χ4v) is 3.42. The first-order valence-corrected chi connectivity index (χ1v) is 9.86. The summed E-state index contributed by atoms with van der Waals surface area (Å²) in [6, 6.07) is 17.9. The second-order valence-corrected chi connectivity index (χ2v) is 7.36. The van der Waals surface area contributed by atoms with Crippen LogP contribution in [0.25, 0.3) is 10.8 Å². The largest absolute Gasteiger partial charge is 0.471 e. The summed E-state index contributed by atoms with van der Waals surface area (Å²) in [5, 5.41) is 9.22. The molecule has 1 N–H and O–H groups in total. The van der Waals surface area contributed by atoms with Gasteiger partial charge in [-0.1, -0.05) is 36.4 Å². The number of hydrogen-bond donors (Lipinski definition) is 1. The summed E-state index contributed by atoms with van der Waals surface area (Å²) >= 11 is 0. The molecule has 8 heteroatoms. The Balaban J connectivity index is 1.49. The molecule has 0 aliphatic rings. The minimum Gasteiger partial charge on any atom is -0.471 e. The molecular weight excluding hydrogens is 419 g/mol. The van der Waals surface area contributed by atoms with E-state index < -0.39 is 11.7 Å². The maximum absolute atomic E-state index is 12.9. The lowest BCUT2D eigenvalue weighted by Crippen LogP contribution is -2.14. The number of anilines is 1. The van der Waals surface area contributed by atoms with Crippen LogP contribution in [0.1, 0.15) is 27.3 Å². The number of fused-ring (bicyclic) bond motifs is 1. The monoisotopic (exact) mass is 439 g/mol. The van der Waals surface area contributed by atoms with Gasteiger partial charge in [-0.2, -0.15) is 18.3 Å². The number of halogens is 3. The lowest BCUT2D eigenvalue weighted by Gasteiger charge is -2.11. The van der Waals surface area contributed by atoms with Crippen molar-refractivity contribution in [1.82, 2.24) is 9.78 Å². The molecule has 0 bridgehead atoms. The van der Waals surface area contributed by atoms with Crippen molar-refractivity contribution in [3.05, 3.63) is 89.2 Å². The van der Waals surface area contributed by atoms with Gasteiger partial charge in [0, 0.05) is 5.56 Å². The molecule has 0 spiro atoms. The fourth-order valence-electron chi connectivity index (χ4n) is 3.42. The summed E-state index contributed by atoms with van der Waals surface area (Å²) in [6.45, 7) is 3.40. The number of hydrogen-bond acceptors (Lipinski definition) is 3. The van der Waals surface area contributed by atoms with E-state index in [9.17, 15) is 18.0 Å². The van der Waals surface area contributed by atoms with Crippen molar-refractivity contribution >= 4 is 22.4 Å². The van der Waals surface area contributed by atoms with E-state index in [1.54, 1.807) is 19.9 Å². The highest BCUT2D eigenvalue weighted by atomic mass is 19.4. The van der Waals surface area contributed by atoms with Gasteiger partial charge in [0.25, 0.3) is 5.91 Å². The number of aromatic nitrogens is 2. The van der Waals surface area contributed by atoms with Crippen LogP contribution < -0.4 is 10.1 Å². The molecule has 4 aromatic rings. The van der Waals surface area contributed by atoms with Crippen molar-refractivity contribution in [2.75, 3.05) is 5.32 Å². The van der Waals surface area contributed by atoms with Gasteiger partial charge in [0.2, 0.25) is 0 Å². The van der Waals surface area contributed by atoms with Gasteiger partial charge in [-0.25, -0.2) is 4.68 Å². The smallest absolute Gasteiger partial charge is 0.416 e. The molecular formula is C24H20F3N3O2. The molecule has 3 aromatic carbocycles. The second kappa shape index (κ2) is 8.37. The third-order valence-electron chi connectivity index (χ3n) is 5.15. The van der Waals surface area contributed by atoms with Gasteiger partial charge in [-0.15, -0.1) is 0 Å². The molecule has 0 radical (unpaired) electrons. The van der Waals surface area contributed by atoms with Crippen LogP contribution >= 0.6 is 0 Å². The predicted molar refractivity (Wildman–Crippen MR) is 116 cm³/mol. The number of aryl methyl sites for hydroxylation is 1. The van der Waals surface area contributed by atoms with Gasteiger partial charge in [-0.05, 0) is 55.0 Å². The molecule has 1 aromatic heterocycles. The zero-order valence-electron chi connectivity index (χ0n) is 17.4. The number of rotatable bonds is 5. The molecule has 0 saturated carbocycles. The Hall–Kier alpha value is -3.81. The number of ether oxygens (including phenoxy) is 1. The lowest BCUT2D eigenvalue weighted by molar-refractivity contribution is -0.137. The highest BCUT2D eigenvalue weighted by Crippen LogP contribution is 2.31. The Labute approximate surface area is 182 Å². The van der Waals surface area contributed by atoms with Crippen molar-refractivity contribution in [3.63, 3.8) is 0 Å². The van der Waals surface area contributed by atoms with E-state index in [4.69, 9.17) is 4.74 Å². The predicted octanol–water partition coefficient (Wildman–Crippen LogP) is 5.96. The topological polar surface area (TPSA) is 56.1 Å². The number of amides is 1. The Morgan fingerprint density at radius 2 is 1.75 bits per heavy atom. The van der Waals surface area contributed by atoms with E-state index in [0.29, 0.717) is 22.6 Å². The summed E-state index contributed by atoms with van der Waals surface area (Å²) in [7, 11) is 0. The Morgan fingerprint density at radius 1 is 1.00 bits per heavy atom. The van der Waals surface area contributed by atoms with E-state index in [2.05, 4.69) is 10.4 Å². The molecule has 1 amide bonds. The van der Waals surface area contributed by atoms with Crippen LogP contribution in [0.2, 0.25) is 0 Å². The van der Waals surface area contributed by atoms with Gasteiger partial charge >= 0.3 is 6.18 Å². The average molecular weight is 439 g/mol. The third-order valence-corrected chi connectivity index (χ3v) is 5.15. The molecule has 164 valence electrons. The number of nitrogens with zero attached hydrogens (tertiary/aromatic N) is 2. The maximum Gasteiger partial charge on any atom is 0.416 e. The van der Waals surface area contributed by atoms with Crippen LogP contribution in [-0.4, -0.2) is 15.7 Å². The molecule has 0 aliphatic heterocycles. The van der Waals surface area contributed by atoms with Crippen LogP contribution in [0.5, 0.6) is 5.75 Å². The summed E-state index contributed by atoms with van der Waals surface area (Å²) < 4.78 is 45.7. The lowest BCUT2D eigenvalue weighted by atomic mass is 10.1. The number of alkyl halides is 3. The van der Waals surface area contributed by atoms with Crippen molar-refractivity contribution in [3.8, 4) is 5.75 Å². The van der Waals surface area contributed by atoms with Crippen LogP contribution in [0.4, 0.5) is 18.9 Å². The molecule has 1 heterocycles. The van der Waals surface area contributed by atoms with Gasteiger partial charge < -0.3 is 10.1 Å². The van der Waals surface area contributed by atoms with E-state index >= 15 is 0 Å². The number of benzene rings is 3. The first-order chi connectivity index (χ1) is 15.2. The zero-order chi connectivity index (χ0) is 22.9. The van der Waals surface area contributed by atoms with Crippen LogP contribution in [-0.2, 0) is 12.9 Å². The quantitative estimate of drug-likeness (QED) is 0.417. The SMILES string of the molecule is Cc1nn(COc2cccc(C(F)(F)F)c2)c(C)c1NC(=O)c1ccc2ccccc2c1. The highest BCUT2D eigenvalue weighted by Gasteiger charge is 2.30. The molecule has 0 fully saturated rings. The minimum atomic E-state index is -4.45. The van der Waals surface area contributed by atoms with E-state index in [1.165, 1.54) is 16.8 Å². The number of carbonyl (C=O) groups excluding carboxylic acids is 1. The Bertz CT molecular complexity index is 1300. The second-order valence-electron chi connectivity index (χ2n) is 7.36. The van der Waals surface area contributed by atoms with Crippen LogP contribution in [0.3, 0.4) is 0 Å².